The molecular weight excluding hydrogens is 354 g/mol. The predicted molar refractivity (Wildman–Crippen MR) is 104 cm³/mol. The molecule has 1 saturated heterocycles. The summed E-state index contributed by atoms with van der Waals surface area (Å²) in [6.07, 6.45) is 1.73. The number of aromatic nitrogens is 2. The van der Waals surface area contributed by atoms with Crippen molar-refractivity contribution in [2.24, 2.45) is 0 Å². The third-order valence-electron chi connectivity index (χ3n) is 4.91. The number of rotatable bonds is 6. The highest BCUT2D eigenvalue weighted by Crippen LogP contribution is 2.32. The Balaban J connectivity index is 1.40. The second kappa shape index (κ2) is 8.35. The van der Waals surface area contributed by atoms with Crippen molar-refractivity contribution in [3.63, 3.8) is 0 Å². The Kier molecular flexibility index (Phi) is 5.48. The first kappa shape index (κ1) is 18.4. The van der Waals surface area contributed by atoms with E-state index < -0.39 is 0 Å². The van der Waals surface area contributed by atoms with Crippen LogP contribution in [0.5, 0.6) is 0 Å². The molecule has 0 radical (unpaired) electrons. The smallest absolute Gasteiger partial charge is 0.249 e. The fraction of sp³-hybridized carbons (Fsp3) is 0.318. The lowest BCUT2D eigenvalue weighted by Crippen LogP contribution is -2.33. The summed E-state index contributed by atoms with van der Waals surface area (Å²) < 4.78 is 11.1. The van der Waals surface area contributed by atoms with Gasteiger partial charge in [-0.3, -0.25) is 4.79 Å². The van der Waals surface area contributed by atoms with E-state index in [2.05, 4.69) is 10.1 Å². The van der Waals surface area contributed by atoms with Crippen LogP contribution in [-0.2, 0) is 16.1 Å². The second-order valence-corrected chi connectivity index (χ2v) is 7.05. The average Bonchev–Trinajstić information content (AvgIpc) is 3.38. The van der Waals surface area contributed by atoms with Crippen molar-refractivity contribution < 1.29 is 14.1 Å². The molecule has 2 aromatic carbocycles. The molecule has 1 unspecified atom stereocenters. The van der Waals surface area contributed by atoms with Gasteiger partial charge in [-0.15, -0.1) is 0 Å². The van der Waals surface area contributed by atoms with Crippen LogP contribution in [0, 0.1) is 6.92 Å². The van der Waals surface area contributed by atoms with Crippen molar-refractivity contribution in [3.05, 3.63) is 71.6 Å². The molecule has 1 aromatic heterocycles. The minimum absolute atomic E-state index is 0.0459. The fourth-order valence-electron chi connectivity index (χ4n) is 3.51. The van der Waals surface area contributed by atoms with E-state index in [1.165, 1.54) is 0 Å². The fourth-order valence-corrected chi connectivity index (χ4v) is 3.51. The maximum Gasteiger partial charge on any atom is 0.249 e. The van der Waals surface area contributed by atoms with E-state index in [-0.39, 0.29) is 18.6 Å². The monoisotopic (exact) mass is 377 g/mol. The molecule has 1 atom stereocenters. The van der Waals surface area contributed by atoms with Gasteiger partial charge in [0.15, 0.2) is 0 Å². The highest BCUT2D eigenvalue weighted by atomic mass is 16.5. The molecule has 28 heavy (non-hydrogen) atoms. The van der Waals surface area contributed by atoms with Gasteiger partial charge in [-0.05, 0) is 31.4 Å². The molecule has 1 fully saturated rings. The number of benzene rings is 2. The van der Waals surface area contributed by atoms with E-state index >= 15 is 0 Å². The van der Waals surface area contributed by atoms with E-state index in [0.29, 0.717) is 24.9 Å². The molecular formula is C22H23N3O3. The molecule has 1 aliphatic rings. The zero-order valence-electron chi connectivity index (χ0n) is 15.9. The van der Waals surface area contributed by atoms with Crippen LogP contribution in [0.2, 0.25) is 0 Å². The number of aryl methyl sites for hydroxylation is 1. The molecule has 144 valence electrons. The van der Waals surface area contributed by atoms with Crippen LogP contribution < -0.4 is 0 Å². The molecule has 6 nitrogen and oxygen atoms in total. The number of likely N-dealkylation sites (tertiary alicyclic amines) is 1. The summed E-state index contributed by atoms with van der Waals surface area (Å²) >= 11 is 0. The van der Waals surface area contributed by atoms with Crippen molar-refractivity contribution >= 4 is 5.91 Å². The van der Waals surface area contributed by atoms with Crippen LogP contribution >= 0.6 is 0 Å². The van der Waals surface area contributed by atoms with E-state index in [1.807, 2.05) is 61.5 Å². The Morgan fingerprint density at radius 2 is 2.07 bits per heavy atom. The molecule has 4 rings (SSSR count). The lowest BCUT2D eigenvalue weighted by Gasteiger charge is -2.21. The molecule has 0 aliphatic carbocycles. The Morgan fingerprint density at radius 3 is 2.89 bits per heavy atom. The zero-order valence-corrected chi connectivity index (χ0v) is 15.9. The number of ether oxygens (including phenoxy) is 1. The highest BCUT2D eigenvalue weighted by Gasteiger charge is 2.34. The van der Waals surface area contributed by atoms with E-state index in [0.717, 1.165) is 29.5 Å². The van der Waals surface area contributed by atoms with Gasteiger partial charge in [0.1, 0.15) is 12.6 Å². The van der Waals surface area contributed by atoms with Gasteiger partial charge in [-0.1, -0.05) is 59.3 Å². The van der Waals surface area contributed by atoms with Gasteiger partial charge in [0.2, 0.25) is 17.6 Å². The van der Waals surface area contributed by atoms with Gasteiger partial charge in [0.25, 0.3) is 0 Å². The average molecular weight is 377 g/mol. The number of carbonyl (C=O) groups is 1. The normalized spacial score (nSPS) is 16.5. The van der Waals surface area contributed by atoms with E-state index in [4.69, 9.17) is 9.26 Å². The summed E-state index contributed by atoms with van der Waals surface area (Å²) in [6.45, 7) is 3.17. The lowest BCUT2D eigenvalue weighted by molar-refractivity contribution is -0.138. The summed E-state index contributed by atoms with van der Waals surface area (Å²) in [5.74, 6) is 0.998. The molecule has 0 saturated carbocycles. The highest BCUT2D eigenvalue weighted by molar-refractivity contribution is 5.78. The van der Waals surface area contributed by atoms with Crippen LogP contribution in [-0.4, -0.2) is 34.1 Å². The summed E-state index contributed by atoms with van der Waals surface area (Å²) in [5.41, 5.74) is 3.10. The number of hydrogen-bond acceptors (Lipinski definition) is 5. The molecule has 3 aromatic rings. The van der Waals surface area contributed by atoms with E-state index in [1.54, 1.807) is 4.90 Å². The largest absolute Gasteiger partial charge is 0.367 e. The van der Waals surface area contributed by atoms with Gasteiger partial charge in [-0.2, -0.15) is 4.98 Å². The van der Waals surface area contributed by atoms with Crippen molar-refractivity contribution in [3.8, 4) is 11.4 Å². The SMILES string of the molecule is Cc1cccc(-c2noc(C3CCCN3C(=O)COCc3ccccc3)n2)c1. The molecule has 2 heterocycles. The molecule has 1 amide bonds. The van der Waals surface area contributed by atoms with E-state index in [9.17, 15) is 4.79 Å². The van der Waals surface area contributed by atoms with Gasteiger partial charge < -0.3 is 14.2 Å². The number of amides is 1. The maximum atomic E-state index is 12.7. The van der Waals surface area contributed by atoms with Crippen LogP contribution in [0.3, 0.4) is 0 Å². The van der Waals surface area contributed by atoms with Crippen molar-refractivity contribution in [2.45, 2.75) is 32.4 Å². The number of hydrogen-bond donors (Lipinski definition) is 0. The summed E-state index contributed by atoms with van der Waals surface area (Å²) in [7, 11) is 0. The molecule has 0 bridgehead atoms. The second-order valence-electron chi connectivity index (χ2n) is 7.05. The Morgan fingerprint density at radius 1 is 1.21 bits per heavy atom. The van der Waals surface area contributed by atoms with Crippen LogP contribution in [0.1, 0.15) is 35.9 Å². The first-order valence-corrected chi connectivity index (χ1v) is 9.52. The van der Waals surface area contributed by atoms with Crippen LogP contribution in [0.25, 0.3) is 11.4 Å². The Hall–Kier alpha value is -2.99. The van der Waals surface area contributed by atoms with Gasteiger partial charge >= 0.3 is 0 Å². The number of nitrogens with zero attached hydrogens (tertiary/aromatic N) is 3. The quantitative estimate of drug-likeness (QED) is 0.651. The number of carbonyl (C=O) groups excluding carboxylic acids is 1. The van der Waals surface area contributed by atoms with Crippen LogP contribution in [0.4, 0.5) is 0 Å². The third kappa shape index (κ3) is 4.12. The Labute approximate surface area is 164 Å². The molecule has 6 heteroatoms. The maximum absolute atomic E-state index is 12.7. The molecule has 0 N–H and O–H groups in total. The summed E-state index contributed by atoms with van der Waals surface area (Å²) in [4.78, 5) is 19.0. The first-order valence-electron chi connectivity index (χ1n) is 9.52. The third-order valence-corrected chi connectivity index (χ3v) is 4.91. The first-order chi connectivity index (χ1) is 13.7. The summed E-state index contributed by atoms with van der Waals surface area (Å²) in [6, 6.07) is 17.6. The minimum atomic E-state index is -0.182. The summed E-state index contributed by atoms with van der Waals surface area (Å²) in [5, 5.41) is 4.11. The minimum Gasteiger partial charge on any atom is -0.367 e. The van der Waals surface area contributed by atoms with Crippen molar-refractivity contribution in [1.82, 2.24) is 15.0 Å². The standard InChI is InChI=1S/C22H23N3O3/c1-16-7-5-10-18(13-16)21-23-22(28-24-21)19-11-6-12-25(19)20(26)15-27-14-17-8-3-2-4-9-17/h2-5,7-10,13,19H,6,11-12,14-15H2,1H3. The van der Waals surface area contributed by atoms with Gasteiger partial charge in [0.05, 0.1) is 6.61 Å². The van der Waals surface area contributed by atoms with Crippen molar-refractivity contribution in [1.29, 1.82) is 0 Å². The van der Waals surface area contributed by atoms with Gasteiger partial charge in [0, 0.05) is 12.1 Å². The van der Waals surface area contributed by atoms with Gasteiger partial charge in [-0.25, -0.2) is 0 Å². The zero-order chi connectivity index (χ0) is 19.3. The predicted octanol–water partition coefficient (Wildman–Crippen LogP) is 3.93. The van der Waals surface area contributed by atoms with Crippen LogP contribution in [0.15, 0.2) is 59.1 Å². The molecule has 1 aliphatic heterocycles. The topological polar surface area (TPSA) is 68.5 Å². The Bertz CT molecular complexity index is 939. The van der Waals surface area contributed by atoms with Crippen molar-refractivity contribution in [2.75, 3.05) is 13.2 Å². The lowest BCUT2D eigenvalue weighted by atomic mass is 10.1. The molecule has 0 spiro atoms.